The molecule has 1 fully saturated rings. The third-order valence-electron chi connectivity index (χ3n) is 2.81. The van der Waals surface area contributed by atoms with Crippen LogP contribution in [0.2, 0.25) is 0 Å². The van der Waals surface area contributed by atoms with Crippen LogP contribution in [0.25, 0.3) is 11.0 Å². The molecule has 0 aromatic carbocycles. The molecule has 0 bridgehead atoms. The maximum atomic E-state index is 11.5. The predicted molar refractivity (Wildman–Crippen MR) is 72.7 cm³/mol. The Balaban J connectivity index is 2.19. The quantitative estimate of drug-likeness (QED) is 0.659. The summed E-state index contributed by atoms with van der Waals surface area (Å²) in [7, 11) is 0. The van der Waals surface area contributed by atoms with E-state index in [4.69, 9.17) is 24.4 Å². The van der Waals surface area contributed by atoms with Crippen LogP contribution in [-0.4, -0.2) is 31.2 Å². The molecule has 0 amide bonds. The molecule has 3 N–H and O–H groups in total. The van der Waals surface area contributed by atoms with E-state index in [1.165, 1.54) is 6.33 Å². The van der Waals surface area contributed by atoms with Gasteiger partial charge in [0.05, 0.1) is 17.2 Å². The van der Waals surface area contributed by atoms with Gasteiger partial charge in [0.2, 0.25) is 0 Å². The third kappa shape index (κ3) is 1.54. The fourth-order valence-corrected chi connectivity index (χ4v) is 2.46. The minimum atomic E-state index is -0.187. The molecule has 2 aromatic rings. The lowest BCUT2D eigenvalue weighted by Crippen LogP contribution is -2.17. The average Bonchev–Trinajstić information content (AvgIpc) is 2.86. The van der Waals surface area contributed by atoms with Gasteiger partial charge >= 0.3 is 0 Å². The van der Waals surface area contributed by atoms with Gasteiger partial charge in [-0.05, 0) is 0 Å². The van der Waals surface area contributed by atoms with Gasteiger partial charge in [-0.2, -0.15) is 0 Å². The van der Waals surface area contributed by atoms with Gasteiger partial charge in [-0.25, -0.2) is 4.98 Å². The van der Waals surface area contributed by atoms with Crippen LogP contribution in [0.3, 0.4) is 0 Å². The number of nitrogens with zero attached hydrogens (tertiary/aromatic N) is 1. The second kappa shape index (κ2) is 3.80. The Morgan fingerprint density at radius 1 is 1.35 bits per heavy atom. The molecule has 1 unspecified atom stereocenters. The summed E-state index contributed by atoms with van der Waals surface area (Å²) < 4.78 is 0. The summed E-state index contributed by atoms with van der Waals surface area (Å²) >= 11 is 10.4. The first-order chi connectivity index (χ1) is 8.18. The van der Waals surface area contributed by atoms with Crippen molar-refractivity contribution in [3.05, 3.63) is 28.4 Å². The average molecular weight is 264 g/mol. The van der Waals surface area contributed by atoms with Crippen molar-refractivity contribution < 1.29 is 0 Å². The Kier molecular flexibility index (Phi) is 2.39. The maximum Gasteiger partial charge on any atom is 0.275 e. The van der Waals surface area contributed by atoms with Crippen molar-refractivity contribution in [3.63, 3.8) is 0 Å². The molecule has 1 aliphatic rings. The maximum absolute atomic E-state index is 11.5. The zero-order valence-corrected chi connectivity index (χ0v) is 10.2. The second-order valence-corrected chi connectivity index (χ2v) is 4.73. The normalized spacial score (nSPS) is 20.4. The molecule has 2 aromatic heterocycles. The number of thiocarbonyl (C=S) groups is 2. The van der Waals surface area contributed by atoms with Gasteiger partial charge in [-0.3, -0.25) is 4.79 Å². The van der Waals surface area contributed by atoms with Crippen molar-refractivity contribution in [2.75, 3.05) is 6.54 Å². The Bertz CT molecular complexity index is 687. The van der Waals surface area contributed by atoms with Gasteiger partial charge in [-0.1, -0.05) is 24.4 Å². The van der Waals surface area contributed by atoms with Gasteiger partial charge in [0.15, 0.2) is 0 Å². The summed E-state index contributed by atoms with van der Waals surface area (Å²) in [6.45, 7) is 0.606. The van der Waals surface area contributed by atoms with Crippen molar-refractivity contribution >= 4 is 45.2 Å². The molecule has 1 saturated heterocycles. The Hall–Kier alpha value is -1.44. The summed E-state index contributed by atoms with van der Waals surface area (Å²) in [5, 5.41) is 3.22. The first-order valence-corrected chi connectivity index (χ1v) is 5.85. The van der Waals surface area contributed by atoms with Crippen molar-refractivity contribution in [1.29, 1.82) is 0 Å². The third-order valence-corrected chi connectivity index (χ3v) is 3.79. The van der Waals surface area contributed by atoms with Gasteiger partial charge in [0.1, 0.15) is 11.0 Å². The van der Waals surface area contributed by atoms with E-state index >= 15 is 0 Å². The summed E-state index contributed by atoms with van der Waals surface area (Å²) in [4.78, 5) is 22.6. The predicted octanol–water partition coefficient (Wildman–Crippen LogP) is 0.635. The van der Waals surface area contributed by atoms with E-state index in [1.54, 1.807) is 6.20 Å². The molecule has 1 aliphatic heterocycles. The van der Waals surface area contributed by atoms with Crippen LogP contribution in [0.15, 0.2) is 17.3 Å². The molecular formula is C10H8N4OS2. The minimum Gasteiger partial charge on any atom is -0.355 e. The number of hydrogen-bond donors (Lipinski definition) is 3. The molecule has 1 atom stereocenters. The Morgan fingerprint density at radius 2 is 2.18 bits per heavy atom. The van der Waals surface area contributed by atoms with E-state index in [9.17, 15) is 4.79 Å². The van der Waals surface area contributed by atoms with Crippen LogP contribution in [0.1, 0.15) is 11.6 Å². The number of aromatic amines is 2. The smallest absolute Gasteiger partial charge is 0.275 e. The van der Waals surface area contributed by atoms with E-state index in [1.807, 2.05) is 0 Å². The zero-order valence-electron chi connectivity index (χ0n) is 8.61. The van der Waals surface area contributed by atoms with Crippen molar-refractivity contribution in [1.82, 2.24) is 20.3 Å². The number of hydrogen-bond acceptors (Lipinski definition) is 5. The van der Waals surface area contributed by atoms with E-state index in [0.29, 0.717) is 22.4 Å². The van der Waals surface area contributed by atoms with Crippen LogP contribution in [-0.2, 0) is 0 Å². The highest BCUT2D eigenvalue weighted by atomic mass is 32.1. The zero-order chi connectivity index (χ0) is 12.0. The molecule has 5 nitrogen and oxygen atoms in total. The summed E-state index contributed by atoms with van der Waals surface area (Å²) in [6.07, 6.45) is 3.14. The highest BCUT2D eigenvalue weighted by molar-refractivity contribution is 7.89. The van der Waals surface area contributed by atoms with Crippen LogP contribution >= 0.6 is 24.4 Å². The molecule has 3 rings (SSSR count). The van der Waals surface area contributed by atoms with Crippen molar-refractivity contribution in [3.8, 4) is 0 Å². The lowest BCUT2D eigenvalue weighted by molar-refractivity contribution is 0.761. The topological polar surface area (TPSA) is 73.6 Å². The van der Waals surface area contributed by atoms with Crippen LogP contribution in [0, 0.1) is 0 Å². The fourth-order valence-electron chi connectivity index (χ4n) is 1.98. The second-order valence-electron chi connectivity index (χ2n) is 3.80. The van der Waals surface area contributed by atoms with Gasteiger partial charge in [0.25, 0.3) is 5.56 Å². The molecule has 86 valence electrons. The largest absolute Gasteiger partial charge is 0.355 e. The molecular weight excluding hydrogens is 256 g/mol. The number of fused-ring (bicyclic) bond motifs is 1. The van der Waals surface area contributed by atoms with E-state index in [0.717, 1.165) is 10.4 Å². The standard InChI is InChI=1S/C10H8N4OS2/c15-10-8-6(13-3-14-10)4(1-11-8)7-9(17)5(16)2-12-7/h1,3,7,11-12H,2H2,(H,13,14,15). The van der Waals surface area contributed by atoms with Crippen LogP contribution in [0.5, 0.6) is 0 Å². The molecule has 0 saturated carbocycles. The molecule has 0 spiro atoms. The molecule has 0 aliphatic carbocycles. The highest BCUT2D eigenvalue weighted by Crippen LogP contribution is 2.25. The monoisotopic (exact) mass is 264 g/mol. The van der Waals surface area contributed by atoms with Crippen LogP contribution in [0.4, 0.5) is 0 Å². The Morgan fingerprint density at radius 3 is 2.88 bits per heavy atom. The number of H-pyrrole nitrogens is 2. The highest BCUT2D eigenvalue weighted by Gasteiger charge is 2.29. The first-order valence-electron chi connectivity index (χ1n) is 5.03. The van der Waals surface area contributed by atoms with Gasteiger partial charge in [-0.15, -0.1) is 0 Å². The SMILES string of the molecule is O=c1[nH]cnc2c(C3NCC(=S)C3=S)c[nH]c12. The van der Waals surface area contributed by atoms with E-state index in [-0.39, 0.29) is 11.6 Å². The summed E-state index contributed by atoms with van der Waals surface area (Å²) in [5.41, 5.74) is 1.78. The summed E-state index contributed by atoms with van der Waals surface area (Å²) in [5.74, 6) is 0. The summed E-state index contributed by atoms with van der Waals surface area (Å²) in [6, 6.07) is -0.124. The van der Waals surface area contributed by atoms with E-state index < -0.39 is 0 Å². The fraction of sp³-hybridized carbons (Fsp3) is 0.200. The molecule has 17 heavy (non-hydrogen) atoms. The van der Waals surface area contributed by atoms with Gasteiger partial charge < -0.3 is 15.3 Å². The molecule has 7 heteroatoms. The Labute approximate surface area is 107 Å². The lowest BCUT2D eigenvalue weighted by Gasteiger charge is -2.07. The number of rotatable bonds is 1. The number of nitrogens with one attached hydrogen (secondary N) is 3. The minimum absolute atomic E-state index is 0.124. The number of aromatic nitrogens is 3. The van der Waals surface area contributed by atoms with Crippen molar-refractivity contribution in [2.45, 2.75) is 6.04 Å². The van der Waals surface area contributed by atoms with E-state index in [2.05, 4.69) is 20.3 Å². The molecule has 3 heterocycles. The molecule has 0 radical (unpaired) electrons. The van der Waals surface area contributed by atoms with Crippen molar-refractivity contribution in [2.24, 2.45) is 0 Å². The lowest BCUT2D eigenvalue weighted by atomic mass is 10.1. The van der Waals surface area contributed by atoms with Gasteiger partial charge in [0, 0.05) is 23.2 Å². The van der Waals surface area contributed by atoms with Crippen LogP contribution < -0.4 is 10.9 Å². The first kappa shape index (κ1) is 10.7.